The van der Waals surface area contributed by atoms with Crippen molar-refractivity contribution in [3.8, 4) is 0 Å². The Labute approximate surface area is 156 Å². The topological polar surface area (TPSA) is 24.1 Å². The third-order valence-corrected chi connectivity index (χ3v) is 4.22. The predicted octanol–water partition coefficient (Wildman–Crippen LogP) is 5.35. The molecule has 1 atom stereocenters. The molecule has 0 bridgehead atoms. The van der Waals surface area contributed by atoms with E-state index in [4.69, 9.17) is 12.2 Å². The van der Waals surface area contributed by atoms with Gasteiger partial charge in [0.15, 0.2) is 5.11 Å². The van der Waals surface area contributed by atoms with Crippen molar-refractivity contribution in [2.24, 2.45) is 0 Å². The summed E-state index contributed by atoms with van der Waals surface area (Å²) in [6.07, 6.45) is 0. The maximum Gasteiger partial charge on any atom is 0.171 e. The SMILES string of the molecule is Cc1ccc([C@@H](NC(=S)Nc2ccc(F)cc2F)c2ccccc2)cc1. The average Bonchev–Trinajstić information content (AvgIpc) is 2.64. The monoisotopic (exact) mass is 368 g/mol. The number of aryl methyl sites for hydroxylation is 1. The third kappa shape index (κ3) is 4.43. The molecule has 3 aromatic rings. The average molecular weight is 368 g/mol. The molecule has 0 heterocycles. The van der Waals surface area contributed by atoms with Crippen molar-refractivity contribution in [2.45, 2.75) is 13.0 Å². The molecule has 2 nitrogen and oxygen atoms in total. The lowest BCUT2D eigenvalue weighted by Crippen LogP contribution is -2.33. The molecule has 3 aromatic carbocycles. The first-order chi connectivity index (χ1) is 12.5. The second-order valence-electron chi connectivity index (χ2n) is 5.98. The molecule has 0 fully saturated rings. The van der Waals surface area contributed by atoms with E-state index < -0.39 is 11.6 Å². The molecule has 0 aromatic heterocycles. The largest absolute Gasteiger partial charge is 0.352 e. The van der Waals surface area contributed by atoms with Crippen LogP contribution in [-0.2, 0) is 0 Å². The highest BCUT2D eigenvalue weighted by Crippen LogP contribution is 2.23. The Bertz CT molecular complexity index is 896. The van der Waals surface area contributed by atoms with Gasteiger partial charge in [0.25, 0.3) is 0 Å². The molecule has 0 amide bonds. The van der Waals surface area contributed by atoms with Crippen molar-refractivity contribution >= 4 is 23.0 Å². The van der Waals surface area contributed by atoms with E-state index in [0.29, 0.717) is 0 Å². The van der Waals surface area contributed by atoms with Gasteiger partial charge in [-0.1, -0.05) is 60.2 Å². The van der Waals surface area contributed by atoms with Crippen LogP contribution in [0.5, 0.6) is 0 Å². The van der Waals surface area contributed by atoms with Gasteiger partial charge >= 0.3 is 0 Å². The van der Waals surface area contributed by atoms with Crippen LogP contribution in [0, 0.1) is 18.6 Å². The maximum absolute atomic E-state index is 13.8. The van der Waals surface area contributed by atoms with Gasteiger partial charge in [0.2, 0.25) is 0 Å². The highest BCUT2D eigenvalue weighted by Gasteiger charge is 2.16. The molecular formula is C21H18F2N2S. The van der Waals surface area contributed by atoms with Crippen molar-refractivity contribution < 1.29 is 8.78 Å². The van der Waals surface area contributed by atoms with Gasteiger partial charge in [-0.25, -0.2) is 8.78 Å². The second-order valence-corrected chi connectivity index (χ2v) is 6.39. The van der Waals surface area contributed by atoms with Crippen molar-refractivity contribution in [3.63, 3.8) is 0 Å². The summed E-state index contributed by atoms with van der Waals surface area (Å²) in [6.45, 7) is 2.03. The molecule has 5 heteroatoms. The Morgan fingerprint density at radius 1 is 0.885 bits per heavy atom. The minimum atomic E-state index is -0.694. The van der Waals surface area contributed by atoms with Crippen LogP contribution < -0.4 is 10.6 Å². The Balaban J connectivity index is 1.83. The molecule has 0 spiro atoms. The summed E-state index contributed by atoms with van der Waals surface area (Å²) in [5, 5.41) is 6.27. The zero-order chi connectivity index (χ0) is 18.5. The summed E-state index contributed by atoms with van der Waals surface area (Å²) in [5.74, 6) is -1.32. The Hall–Kier alpha value is -2.79. The quantitative estimate of drug-likeness (QED) is 0.607. The molecule has 3 rings (SSSR count). The number of benzene rings is 3. The first-order valence-corrected chi connectivity index (χ1v) is 8.58. The number of anilines is 1. The summed E-state index contributed by atoms with van der Waals surface area (Å²) in [7, 11) is 0. The van der Waals surface area contributed by atoms with Crippen LogP contribution in [-0.4, -0.2) is 5.11 Å². The standard InChI is InChI=1S/C21H18F2N2S/c1-14-7-9-16(10-8-14)20(15-5-3-2-4-6-15)25-21(26)24-19-12-11-17(22)13-18(19)23/h2-13,20H,1H3,(H2,24,25,26)/t20-/m0/s1. The fourth-order valence-electron chi connectivity index (χ4n) is 2.64. The highest BCUT2D eigenvalue weighted by atomic mass is 32.1. The van der Waals surface area contributed by atoms with E-state index in [2.05, 4.69) is 10.6 Å². The number of rotatable bonds is 4. The van der Waals surface area contributed by atoms with Crippen molar-refractivity contribution in [1.29, 1.82) is 0 Å². The molecule has 0 saturated heterocycles. The number of hydrogen-bond acceptors (Lipinski definition) is 1. The van der Waals surface area contributed by atoms with Crippen molar-refractivity contribution in [1.82, 2.24) is 5.32 Å². The fraction of sp³-hybridized carbons (Fsp3) is 0.0952. The van der Waals surface area contributed by atoms with Gasteiger partial charge in [0.05, 0.1) is 11.7 Å². The van der Waals surface area contributed by atoms with Crippen LogP contribution in [0.2, 0.25) is 0 Å². The molecule has 132 valence electrons. The molecule has 0 radical (unpaired) electrons. The molecule has 0 aliphatic heterocycles. The number of thiocarbonyl (C=S) groups is 1. The van der Waals surface area contributed by atoms with Crippen LogP contribution >= 0.6 is 12.2 Å². The first kappa shape index (κ1) is 18.0. The Morgan fingerprint density at radius 3 is 2.19 bits per heavy atom. The van der Waals surface area contributed by atoms with Crippen molar-refractivity contribution in [2.75, 3.05) is 5.32 Å². The fourth-order valence-corrected chi connectivity index (χ4v) is 2.87. The number of nitrogens with one attached hydrogen (secondary N) is 2. The molecule has 0 aliphatic rings. The minimum absolute atomic E-state index is 0.125. The number of halogens is 2. The van der Waals surface area contributed by atoms with Crippen LogP contribution in [0.3, 0.4) is 0 Å². The smallest absolute Gasteiger partial charge is 0.171 e. The van der Waals surface area contributed by atoms with E-state index in [-0.39, 0.29) is 16.8 Å². The van der Waals surface area contributed by atoms with Gasteiger partial charge < -0.3 is 10.6 Å². The van der Waals surface area contributed by atoms with E-state index in [1.54, 1.807) is 0 Å². The molecule has 2 N–H and O–H groups in total. The summed E-state index contributed by atoms with van der Waals surface area (Å²) in [5.41, 5.74) is 3.35. The van der Waals surface area contributed by atoms with E-state index in [1.165, 1.54) is 12.1 Å². The lowest BCUT2D eigenvalue weighted by atomic mass is 9.98. The molecule has 0 aliphatic carbocycles. The Kier molecular flexibility index (Phi) is 5.58. The lowest BCUT2D eigenvalue weighted by Gasteiger charge is -2.22. The molecule has 0 unspecified atom stereocenters. The van der Waals surface area contributed by atoms with Crippen LogP contribution in [0.1, 0.15) is 22.7 Å². The van der Waals surface area contributed by atoms with E-state index in [9.17, 15) is 8.78 Å². The van der Waals surface area contributed by atoms with E-state index in [0.717, 1.165) is 22.8 Å². The summed E-state index contributed by atoms with van der Waals surface area (Å²) >= 11 is 5.35. The lowest BCUT2D eigenvalue weighted by molar-refractivity contribution is 0.586. The zero-order valence-electron chi connectivity index (χ0n) is 14.2. The molecule has 0 saturated carbocycles. The van der Waals surface area contributed by atoms with Crippen LogP contribution in [0.25, 0.3) is 0 Å². The van der Waals surface area contributed by atoms with Gasteiger partial charge in [0, 0.05) is 6.07 Å². The van der Waals surface area contributed by atoms with Crippen molar-refractivity contribution in [3.05, 3.63) is 101 Å². The van der Waals surface area contributed by atoms with Crippen LogP contribution in [0.15, 0.2) is 72.8 Å². The second kappa shape index (κ2) is 8.06. The first-order valence-electron chi connectivity index (χ1n) is 8.17. The maximum atomic E-state index is 13.8. The van der Waals surface area contributed by atoms with Gasteiger partial charge in [-0.3, -0.25) is 0 Å². The van der Waals surface area contributed by atoms with Crippen LogP contribution in [0.4, 0.5) is 14.5 Å². The van der Waals surface area contributed by atoms with E-state index >= 15 is 0 Å². The Morgan fingerprint density at radius 2 is 1.54 bits per heavy atom. The van der Waals surface area contributed by atoms with Gasteiger partial charge in [-0.05, 0) is 42.4 Å². The third-order valence-electron chi connectivity index (χ3n) is 4.00. The number of hydrogen-bond donors (Lipinski definition) is 2. The summed E-state index contributed by atoms with van der Waals surface area (Å²) < 4.78 is 26.9. The highest BCUT2D eigenvalue weighted by molar-refractivity contribution is 7.80. The molecule has 26 heavy (non-hydrogen) atoms. The van der Waals surface area contributed by atoms with Gasteiger partial charge in [0.1, 0.15) is 11.6 Å². The molecular weight excluding hydrogens is 350 g/mol. The summed E-state index contributed by atoms with van der Waals surface area (Å²) in [4.78, 5) is 0. The normalized spacial score (nSPS) is 11.7. The zero-order valence-corrected chi connectivity index (χ0v) is 15.0. The minimum Gasteiger partial charge on any atom is -0.352 e. The predicted molar refractivity (Wildman–Crippen MR) is 105 cm³/mol. The summed E-state index contributed by atoms with van der Waals surface area (Å²) in [6, 6.07) is 21.1. The van der Waals surface area contributed by atoms with Gasteiger partial charge in [-0.2, -0.15) is 0 Å². The van der Waals surface area contributed by atoms with Gasteiger partial charge in [-0.15, -0.1) is 0 Å². The van der Waals surface area contributed by atoms with E-state index in [1.807, 2.05) is 61.5 Å².